The zero-order valence-corrected chi connectivity index (χ0v) is 13.3. The van der Waals surface area contributed by atoms with Gasteiger partial charge in [-0.1, -0.05) is 0 Å². The van der Waals surface area contributed by atoms with Crippen LogP contribution >= 0.6 is 0 Å². The molecule has 1 aromatic heterocycles. The molecule has 3 heterocycles. The molecule has 0 amide bonds. The third-order valence-electron chi connectivity index (χ3n) is 5.09. The van der Waals surface area contributed by atoms with Gasteiger partial charge in [-0.25, -0.2) is 9.67 Å². The van der Waals surface area contributed by atoms with E-state index in [0.29, 0.717) is 6.04 Å². The molecule has 1 saturated heterocycles. The van der Waals surface area contributed by atoms with Crippen LogP contribution in [0.4, 0.5) is 0 Å². The first-order valence-corrected chi connectivity index (χ1v) is 8.46. The predicted molar refractivity (Wildman–Crippen MR) is 82.2 cm³/mol. The first-order valence-electron chi connectivity index (χ1n) is 8.46. The van der Waals surface area contributed by atoms with E-state index in [1.807, 2.05) is 4.68 Å². The molecule has 0 saturated carbocycles. The Bertz CT molecular complexity index is 463. The first kappa shape index (κ1) is 15.0. The molecule has 1 fully saturated rings. The molecule has 2 aliphatic rings. The average molecular weight is 292 g/mol. The lowest BCUT2D eigenvalue weighted by molar-refractivity contribution is 0.148. The Hall–Kier alpha value is -0.940. The Morgan fingerprint density at radius 2 is 2.00 bits per heavy atom. The molecule has 118 valence electrons. The van der Waals surface area contributed by atoms with Gasteiger partial charge >= 0.3 is 0 Å². The minimum Gasteiger partial charge on any atom is -0.394 e. The number of aliphatic hydroxyl groups is 1. The van der Waals surface area contributed by atoms with Crippen molar-refractivity contribution in [2.24, 2.45) is 5.92 Å². The molecule has 0 aliphatic carbocycles. The van der Waals surface area contributed by atoms with Gasteiger partial charge in [-0.2, -0.15) is 5.10 Å². The van der Waals surface area contributed by atoms with E-state index in [0.717, 1.165) is 43.3 Å². The van der Waals surface area contributed by atoms with Crippen LogP contribution in [0, 0.1) is 5.92 Å². The summed E-state index contributed by atoms with van der Waals surface area (Å²) in [5, 5.41) is 14.1. The minimum atomic E-state index is 0.151. The fourth-order valence-corrected chi connectivity index (χ4v) is 3.67. The van der Waals surface area contributed by atoms with Gasteiger partial charge in [0, 0.05) is 18.9 Å². The highest BCUT2D eigenvalue weighted by molar-refractivity contribution is 5.00. The maximum absolute atomic E-state index is 9.46. The normalized spacial score (nSPS) is 24.5. The number of aryl methyl sites for hydroxylation is 1. The number of aromatic nitrogens is 3. The molecule has 1 N–H and O–H groups in total. The fraction of sp³-hybridized carbons (Fsp3) is 0.875. The van der Waals surface area contributed by atoms with Gasteiger partial charge in [0.2, 0.25) is 0 Å². The number of nitrogens with zero attached hydrogens (tertiary/aromatic N) is 4. The minimum absolute atomic E-state index is 0.151. The molecule has 21 heavy (non-hydrogen) atoms. The fourth-order valence-electron chi connectivity index (χ4n) is 3.67. The van der Waals surface area contributed by atoms with Crippen LogP contribution in [0.1, 0.15) is 57.2 Å². The summed E-state index contributed by atoms with van der Waals surface area (Å²) < 4.78 is 1.99. The van der Waals surface area contributed by atoms with E-state index < -0.39 is 0 Å². The number of hydrogen-bond acceptors (Lipinski definition) is 4. The monoisotopic (exact) mass is 292 g/mol. The summed E-state index contributed by atoms with van der Waals surface area (Å²) in [4.78, 5) is 7.28. The van der Waals surface area contributed by atoms with Crippen molar-refractivity contribution in [1.82, 2.24) is 19.7 Å². The van der Waals surface area contributed by atoms with Gasteiger partial charge in [-0.3, -0.25) is 0 Å². The maximum Gasteiger partial charge on any atom is 0.151 e. The second kappa shape index (κ2) is 6.44. The quantitative estimate of drug-likeness (QED) is 0.919. The Kier molecular flexibility index (Phi) is 4.60. The number of hydrogen-bond donors (Lipinski definition) is 1. The molecular weight excluding hydrogens is 264 g/mol. The predicted octanol–water partition coefficient (Wildman–Crippen LogP) is 1.81. The van der Waals surface area contributed by atoms with E-state index in [2.05, 4.69) is 23.8 Å². The molecule has 1 unspecified atom stereocenters. The van der Waals surface area contributed by atoms with Gasteiger partial charge in [0.15, 0.2) is 5.82 Å². The van der Waals surface area contributed by atoms with Crippen LogP contribution < -0.4 is 0 Å². The lowest BCUT2D eigenvalue weighted by Gasteiger charge is -2.34. The van der Waals surface area contributed by atoms with Gasteiger partial charge in [0.25, 0.3) is 0 Å². The van der Waals surface area contributed by atoms with E-state index >= 15 is 0 Å². The average Bonchev–Trinajstić information content (AvgIpc) is 2.90. The lowest BCUT2D eigenvalue weighted by atomic mass is 9.93. The topological polar surface area (TPSA) is 54.2 Å². The van der Waals surface area contributed by atoms with Crippen molar-refractivity contribution in [3.05, 3.63) is 11.6 Å². The summed E-state index contributed by atoms with van der Waals surface area (Å²) in [5.41, 5.74) is 0. The zero-order valence-electron chi connectivity index (χ0n) is 13.3. The van der Waals surface area contributed by atoms with E-state index in [1.165, 1.54) is 25.9 Å². The largest absolute Gasteiger partial charge is 0.394 e. The van der Waals surface area contributed by atoms with E-state index in [4.69, 9.17) is 4.98 Å². The highest BCUT2D eigenvalue weighted by Crippen LogP contribution is 2.25. The van der Waals surface area contributed by atoms with Gasteiger partial charge in [-0.15, -0.1) is 0 Å². The lowest BCUT2D eigenvalue weighted by Crippen LogP contribution is -2.38. The van der Waals surface area contributed by atoms with Crippen LogP contribution in [0.5, 0.6) is 0 Å². The highest BCUT2D eigenvalue weighted by Gasteiger charge is 2.25. The number of likely N-dealkylation sites (tertiary alicyclic amines) is 1. The molecule has 0 aromatic carbocycles. The van der Waals surface area contributed by atoms with Crippen molar-refractivity contribution in [1.29, 1.82) is 0 Å². The second-order valence-corrected chi connectivity index (χ2v) is 6.89. The molecule has 1 atom stereocenters. The molecule has 1 aromatic rings. The van der Waals surface area contributed by atoms with Crippen molar-refractivity contribution in [3.63, 3.8) is 0 Å². The molecule has 5 nitrogen and oxygen atoms in total. The van der Waals surface area contributed by atoms with Crippen LogP contribution in [0.3, 0.4) is 0 Å². The summed E-state index contributed by atoms with van der Waals surface area (Å²) in [5.74, 6) is 2.79. The summed E-state index contributed by atoms with van der Waals surface area (Å²) >= 11 is 0. The maximum atomic E-state index is 9.46. The van der Waals surface area contributed by atoms with Crippen LogP contribution in [-0.2, 0) is 12.8 Å². The summed E-state index contributed by atoms with van der Waals surface area (Å²) in [6, 6.07) is 0.812. The first-order chi connectivity index (χ1) is 10.2. The van der Waals surface area contributed by atoms with Crippen molar-refractivity contribution < 1.29 is 5.11 Å². The second-order valence-electron chi connectivity index (χ2n) is 6.89. The molecule has 2 aliphatic heterocycles. The van der Waals surface area contributed by atoms with Gasteiger partial charge in [-0.05, 0) is 58.5 Å². The van der Waals surface area contributed by atoms with Crippen molar-refractivity contribution in [2.75, 3.05) is 19.7 Å². The van der Waals surface area contributed by atoms with Crippen molar-refractivity contribution >= 4 is 0 Å². The SMILES string of the molecule is CC(C)N1CCC(Cc2nc3n(n2)C(CO)CCC3)CC1. The Balaban J connectivity index is 1.60. The van der Waals surface area contributed by atoms with Gasteiger partial charge in [0.1, 0.15) is 5.82 Å². The van der Waals surface area contributed by atoms with Crippen LogP contribution in [0.2, 0.25) is 0 Å². The zero-order chi connectivity index (χ0) is 14.8. The number of piperidine rings is 1. The van der Waals surface area contributed by atoms with Gasteiger partial charge in [0.05, 0.1) is 12.6 Å². The van der Waals surface area contributed by atoms with E-state index in [9.17, 15) is 5.11 Å². The third-order valence-corrected chi connectivity index (χ3v) is 5.09. The Morgan fingerprint density at radius 3 is 2.67 bits per heavy atom. The van der Waals surface area contributed by atoms with E-state index in [-0.39, 0.29) is 12.6 Å². The Morgan fingerprint density at radius 1 is 1.24 bits per heavy atom. The molecule has 0 radical (unpaired) electrons. The number of aliphatic hydroxyl groups excluding tert-OH is 1. The standard InChI is InChI=1S/C16H28N4O/c1-12(2)19-8-6-13(7-9-19)10-15-17-16-5-3-4-14(11-21)20(16)18-15/h12-14,21H,3-11H2,1-2H3. The van der Waals surface area contributed by atoms with Crippen LogP contribution in [0.15, 0.2) is 0 Å². The Labute approximate surface area is 127 Å². The van der Waals surface area contributed by atoms with Crippen molar-refractivity contribution in [2.45, 2.75) is 64.5 Å². The smallest absolute Gasteiger partial charge is 0.151 e. The van der Waals surface area contributed by atoms with Crippen LogP contribution in [-0.4, -0.2) is 50.5 Å². The molecular formula is C16H28N4O. The van der Waals surface area contributed by atoms with Gasteiger partial charge < -0.3 is 10.0 Å². The van der Waals surface area contributed by atoms with Crippen LogP contribution in [0.25, 0.3) is 0 Å². The highest BCUT2D eigenvalue weighted by atomic mass is 16.3. The summed E-state index contributed by atoms with van der Waals surface area (Å²) in [7, 11) is 0. The number of rotatable bonds is 4. The molecule has 5 heteroatoms. The summed E-state index contributed by atoms with van der Waals surface area (Å²) in [6.45, 7) is 7.15. The summed E-state index contributed by atoms with van der Waals surface area (Å²) in [6.07, 6.45) is 6.67. The molecule has 0 spiro atoms. The molecule has 0 bridgehead atoms. The molecule has 3 rings (SSSR count). The number of fused-ring (bicyclic) bond motifs is 1. The third kappa shape index (κ3) is 3.29. The van der Waals surface area contributed by atoms with Crippen molar-refractivity contribution in [3.8, 4) is 0 Å². The van der Waals surface area contributed by atoms with E-state index in [1.54, 1.807) is 0 Å².